The molecule has 0 spiro atoms. The second-order valence-corrected chi connectivity index (χ2v) is 6.49. The van der Waals surface area contributed by atoms with Gasteiger partial charge in [0.25, 0.3) is 5.91 Å². The van der Waals surface area contributed by atoms with E-state index in [1.54, 1.807) is 41.3 Å². The molecule has 2 aromatic rings. The van der Waals surface area contributed by atoms with Crippen molar-refractivity contribution in [2.24, 2.45) is 5.92 Å². The second kappa shape index (κ2) is 8.49. The van der Waals surface area contributed by atoms with Crippen molar-refractivity contribution in [2.75, 3.05) is 25.5 Å². The van der Waals surface area contributed by atoms with E-state index in [1.165, 1.54) is 7.11 Å². The number of nitrogens with one attached hydrogen (secondary N) is 1. The Hall–Kier alpha value is -3.15. The lowest BCUT2D eigenvalue weighted by atomic mass is 9.95. The first-order valence-corrected chi connectivity index (χ1v) is 8.92. The van der Waals surface area contributed by atoms with Crippen molar-refractivity contribution in [3.8, 4) is 0 Å². The van der Waals surface area contributed by atoms with Gasteiger partial charge in [0.05, 0.1) is 12.7 Å². The smallest absolute Gasteiger partial charge is 0.337 e. The number of rotatable bonds is 4. The van der Waals surface area contributed by atoms with E-state index in [0.717, 1.165) is 0 Å². The lowest BCUT2D eigenvalue weighted by molar-refractivity contribution is -0.121. The maximum atomic E-state index is 12.5. The number of likely N-dealkylation sites (tertiary alicyclic amines) is 1. The van der Waals surface area contributed by atoms with Crippen LogP contribution in [0.25, 0.3) is 0 Å². The first-order valence-electron chi connectivity index (χ1n) is 8.92. The molecular weight excluding hydrogens is 344 g/mol. The summed E-state index contributed by atoms with van der Waals surface area (Å²) in [5.74, 6) is -0.603. The number of methoxy groups -OCH3 is 1. The van der Waals surface area contributed by atoms with Gasteiger partial charge in [-0.15, -0.1) is 0 Å². The number of nitrogens with zero attached hydrogens (tertiary/aromatic N) is 1. The number of benzene rings is 2. The topological polar surface area (TPSA) is 75.7 Å². The Bertz CT molecular complexity index is 810. The predicted molar refractivity (Wildman–Crippen MR) is 101 cm³/mol. The molecule has 1 aliphatic rings. The zero-order valence-corrected chi connectivity index (χ0v) is 15.2. The Labute approximate surface area is 158 Å². The van der Waals surface area contributed by atoms with Gasteiger partial charge in [-0.3, -0.25) is 9.59 Å². The van der Waals surface area contributed by atoms with Crippen molar-refractivity contribution in [2.45, 2.75) is 12.8 Å². The van der Waals surface area contributed by atoms with Crippen LogP contribution in [0.1, 0.15) is 33.6 Å². The van der Waals surface area contributed by atoms with E-state index in [4.69, 9.17) is 0 Å². The average Bonchev–Trinajstić information content (AvgIpc) is 2.74. The first kappa shape index (κ1) is 18.6. The van der Waals surface area contributed by atoms with E-state index in [2.05, 4.69) is 10.1 Å². The summed E-state index contributed by atoms with van der Waals surface area (Å²) in [6, 6.07) is 15.8. The third-order valence-corrected chi connectivity index (χ3v) is 4.75. The van der Waals surface area contributed by atoms with Crippen molar-refractivity contribution in [1.29, 1.82) is 0 Å². The third kappa shape index (κ3) is 4.53. The van der Waals surface area contributed by atoms with E-state index in [0.29, 0.717) is 42.7 Å². The van der Waals surface area contributed by atoms with E-state index < -0.39 is 5.97 Å². The number of amides is 2. The minimum Gasteiger partial charge on any atom is -0.465 e. The van der Waals surface area contributed by atoms with Crippen molar-refractivity contribution >= 4 is 23.5 Å². The number of carbonyl (C=O) groups is 3. The molecule has 6 nitrogen and oxygen atoms in total. The summed E-state index contributed by atoms with van der Waals surface area (Å²) in [6.07, 6.45) is 1.26. The molecule has 2 amide bonds. The maximum Gasteiger partial charge on any atom is 0.337 e. The molecule has 0 aromatic heterocycles. The van der Waals surface area contributed by atoms with Crippen LogP contribution < -0.4 is 5.32 Å². The highest BCUT2D eigenvalue weighted by atomic mass is 16.5. The van der Waals surface area contributed by atoms with Crippen molar-refractivity contribution in [3.63, 3.8) is 0 Å². The van der Waals surface area contributed by atoms with Crippen LogP contribution in [-0.4, -0.2) is 42.9 Å². The lowest BCUT2D eigenvalue weighted by Crippen LogP contribution is -2.41. The molecule has 1 N–H and O–H groups in total. The van der Waals surface area contributed by atoms with Crippen molar-refractivity contribution in [3.05, 3.63) is 65.7 Å². The molecule has 140 valence electrons. The standard InChI is InChI=1S/C21H22N2O4/c1-27-21(26)17-7-9-18(10-8-17)22-19(24)15-11-13-23(14-12-15)20(25)16-5-3-2-4-6-16/h2-10,15H,11-14H2,1H3,(H,22,24). The Morgan fingerprint density at radius 3 is 2.15 bits per heavy atom. The Balaban J connectivity index is 1.52. The number of hydrogen-bond acceptors (Lipinski definition) is 4. The molecule has 3 rings (SSSR count). The number of esters is 1. The highest BCUT2D eigenvalue weighted by Gasteiger charge is 2.27. The molecule has 1 aliphatic heterocycles. The van der Waals surface area contributed by atoms with Crippen LogP contribution in [0.15, 0.2) is 54.6 Å². The molecule has 0 aliphatic carbocycles. The fourth-order valence-corrected chi connectivity index (χ4v) is 3.16. The fourth-order valence-electron chi connectivity index (χ4n) is 3.16. The van der Waals surface area contributed by atoms with Gasteiger partial charge in [-0.25, -0.2) is 4.79 Å². The average molecular weight is 366 g/mol. The van der Waals surface area contributed by atoms with Gasteiger partial charge in [0, 0.05) is 30.3 Å². The summed E-state index contributed by atoms with van der Waals surface area (Å²) < 4.78 is 4.66. The number of hydrogen-bond donors (Lipinski definition) is 1. The Morgan fingerprint density at radius 2 is 1.56 bits per heavy atom. The van der Waals surface area contributed by atoms with Gasteiger partial charge in [0.15, 0.2) is 0 Å². The molecule has 1 fully saturated rings. The Morgan fingerprint density at radius 1 is 0.926 bits per heavy atom. The minimum absolute atomic E-state index is 0.00728. The number of piperidine rings is 1. The van der Waals surface area contributed by atoms with Crippen molar-refractivity contribution in [1.82, 2.24) is 4.90 Å². The normalized spacial score (nSPS) is 14.5. The molecule has 0 unspecified atom stereocenters. The van der Waals surface area contributed by atoms with Crippen LogP contribution in [0, 0.1) is 5.92 Å². The van der Waals surface area contributed by atoms with Gasteiger partial charge in [-0.1, -0.05) is 18.2 Å². The van der Waals surface area contributed by atoms with Crippen LogP contribution in [0.4, 0.5) is 5.69 Å². The summed E-state index contributed by atoms with van der Waals surface area (Å²) in [5.41, 5.74) is 1.74. The third-order valence-electron chi connectivity index (χ3n) is 4.75. The summed E-state index contributed by atoms with van der Waals surface area (Å²) in [7, 11) is 1.33. The highest BCUT2D eigenvalue weighted by molar-refractivity contribution is 5.96. The monoisotopic (exact) mass is 366 g/mol. The second-order valence-electron chi connectivity index (χ2n) is 6.49. The van der Waals surface area contributed by atoms with E-state index in [1.807, 2.05) is 18.2 Å². The van der Waals surface area contributed by atoms with Crippen molar-refractivity contribution < 1.29 is 19.1 Å². The van der Waals surface area contributed by atoms with Crippen LogP contribution in [0.3, 0.4) is 0 Å². The fraction of sp³-hybridized carbons (Fsp3) is 0.286. The minimum atomic E-state index is -0.414. The summed E-state index contributed by atoms with van der Waals surface area (Å²) >= 11 is 0. The van der Waals surface area contributed by atoms with Crippen LogP contribution in [0.5, 0.6) is 0 Å². The molecule has 0 radical (unpaired) electrons. The molecule has 27 heavy (non-hydrogen) atoms. The number of carbonyl (C=O) groups excluding carboxylic acids is 3. The molecule has 1 saturated heterocycles. The van der Waals surface area contributed by atoms with Gasteiger partial charge in [-0.2, -0.15) is 0 Å². The quantitative estimate of drug-likeness (QED) is 0.844. The first-order chi connectivity index (χ1) is 13.1. The zero-order valence-electron chi connectivity index (χ0n) is 15.2. The van der Waals surface area contributed by atoms with Gasteiger partial charge < -0.3 is 15.0 Å². The van der Waals surface area contributed by atoms with E-state index >= 15 is 0 Å². The maximum absolute atomic E-state index is 12.5. The molecule has 2 aromatic carbocycles. The molecular formula is C21H22N2O4. The van der Waals surface area contributed by atoms with Gasteiger partial charge in [0.2, 0.25) is 5.91 Å². The number of anilines is 1. The van der Waals surface area contributed by atoms with Crippen LogP contribution >= 0.6 is 0 Å². The van der Waals surface area contributed by atoms with Crippen LogP contribution in [0.2, 0.25) is 0 Å². The molecule has 1 heterocycles. The SMILES string of the molecule is COC(=O)c1ccc(NC(=O)C2CCN(C(=O)c3ccccc3)CC2)cc1. The largest absolute Gasteiger partial charge is 0.465 e. The van der Waals surface area contributed by atoms with Gasteiger partial charge >= 0.3 is 5.97 Å². The van der Waals surface area contributed by atoms with Gasteiger partial charge in [0.1, 0.15) is 0 Å². The summed E-state index contributed by atoms with van der Waals surface area (Å²) in [5, 5.41) is 2.88. The highest BCUT2D eigenvalue weighted by Crippen LogP contribution is 2.21. The van der Waals surface area contributed by atoms with E-state index in [9.17, 15) is 14.4 Å². The zero-order chi connectivity index (χ0) is 19.2. The molecule has 6 heteroatoms. The Kier molecular flexibility index (Phi) is 5.86. The summed E-state index contributed by atoms with van der Waals surface area (Å²) in [4.78, 5) is 38.2. The van der Waals surface area contributed by atoms with Crippen LogP contribution in [-0.2, 0) is 9.53 Å². The predicted octanol–water partition coefficient (Wildman–Crippen LogP) is 2.96. The molecule has 0 saturated carbocycles. The van der Waals surface area contributed by atoms with E-state index in [-0.39, 0.29) is 17.7 Å². The summed E-state index contributed by atoms with van der Waals surface area (Å²) in [6.45, 7) is 1.13. The van der Waals surface area contributed by atoms with Gasteiger partial charge in [-0.05, 0) is 49.2 Å². The molecule has 0 atom stereocenters. The number of ether oxygens (including phenoxy) is 1. The lowest BCUT2D eigenvalue weighted by Gasteiger charge is -2.31. The molecule has 0 bridgehead atoms.